The van der Waals surface area contributed by atoms with Gasteiger partial charge in [0.15, 0.2) is 0 Å². The van der Waals surface area contributed by atoms with Gasteiger partial charge in [0.1, 0.15) is 6.54 Å². The van der Waals surface area contributed by atoms with Gasteiger partial charge in [-0.3, -0.25) is 4.57 Å². The Hall–Kier alpha value is -1.73. The molecule has 0 atom stereocenters. The first-order valence-corrected chi connectivity index (χ1v) is 4.38. The summed E-state index contributed by atoms with van der Waals surface area (Å²) in [6.07, 6.45) is 0. The number of nitrogens with two attached hydrogens (primary N) is 1. The Kier molecular flexibility index (Phi) is 2.02. The average molecular weight is 207 g/mol. The van der Waals surface area contributed by atoms with Crippen LogP contribution in [0, 0.1) is 11.3 Å². The molecule has 0 saturated carbocycles. The highest BCUT2D eigenvalue weighted by Gasteiger charge is 2.07. The van der Waals surface area contributed by atoms with E-state index in [1.165, 1.54) is 0 Å². The van der Waals surface area contributed by atoms with Crippen LogP contribution in [0.1, 0.15) is 0 Å². The van der Waals surface area contributed by atoms with Crippen LogP contribution in [0.4, 0.5) is 5.95 Å². The highest BCUT2D eigenvalue weighted by Crippen LogP contribution is 2.21. The highest BCUT2D eigenvalue weighted by molar-refractivity contribution is 6.31. The first-order chi connectivity index (χ1) is 6.72. The summed E-state index contributed by atoms with van der Waals surface area (Å²) in [5, 5.41) is 9.21. The molecule has 0 bridgehead atoms. The Morgan fingerprint density at radius 1 is 1.57 bits per heavy atom. The highest BCUT2D eigenvalue weighted by atomic mass is 35.5. The molecule has 2 rings (SSSR count). The summed E-state index contributed by atoms with van der Waals surface area (Å²) >= 11 is 5.80. The fourth-order valence-electron chi connectivity index (χ4n) is 1.36. The van der Waals surface area contributed by atoms with Gasteiger partial charge in [0.2, 0.25) is 5.95 Å². The molecule has 2 N–H and O–H groups in total. The molecule has 1 aromatic heterocycles. The third kappa shape index (κ3) is 1.28. The summed E-state index contributed by atoms with van der Waals surface area (Å²) < 4.78 is 1.64. The third-order valence-electron chi connectivity index (χ3n) is 1.97. The van der Waals surface area contributed by atoms with Crippen molar-refractivity contribution in [2.45, 2.75) is 6.54 Å². The smallest absolute Gasteiger partial charge is 0.202 e. The van der Waals surface area contributed by atoms with Gasteiger partial charge < -0.3 is 5.73 Å². The van der Waals surface area contributed by atoms with Crippen molar-refractivity contribution >= 4 is 28.6 Å². The fraction of sp³-hybridized carbons (Fsp3) is 0.111. The van der Waals surface area contributed by atoms with E-state index in [0.717, 1.165) is 5.52 Å². The minimum Gasteiger partial charge on any atom is -0.369 e. The van der Waals surface area contributed by atoms with Gasteiger partial charge in [0.05, 0.1) is 17.1 Å². The SMILES string of the molecule is N#CCn1c(N)nc2cc(Cl)ccc21. The zero-order valence-corrected chi connectivity index (χ0v) is 7.99. The number of fused-ring (bicyclic) bond motifs is 1. The van der Waals surface area contributed by atoms with Gasteiger partial charge in [-0.05, 0) is 18.2 Å². The number of halogens is 1. The number of hydrogen-bond acceptors (Lipinski definition) is 3. The molecular formula is C9H7ClN4. The summed E-state index contributed by atoms with van der Waals surface area (Å²) in [7, 11) is 0. The molecule has 0 amide bonds. The second kappa shape index (κ2) is 3.20. The molecule has 0 fully saturated rings. The van der Waals surface area contributed by atoms with Gasteiger partial charge in [0.25, 0.3) is 0 Å². The topological polar surface area (TPSA) is 67.6 Å². The third-order valence-corrected chi connectivity index (χ3v) is 2.20. The molecule has 0 saturated heterocycles. The van der Waals surface area contributed by atoms with E-state index in [-0.39, 0.29) is 6.54 Å². The Balaban J connectivity index is 2.72. The lowest BCUT2D eigenvalue weighted by Crippen LogP contribution is -2.01. The maximum atomic E-state index is 8.60. The average Bonchev–Trinajstić information content (AvgIpc) is 2.43. The molecule has 2 aromatic rings. The molecule has 1 heterocycles. The number of nitrogen functional groups attached to an aromatic ring is 1. The monoisotopic (exact) mass is 206 g/mol. The van der Waals surface area contributed by atoms with Crippen LogP contribution in [0.2, 0.25) is 5.02 Å². The van der Waals surface area contributed by atoms with E-state index in [0.29, 0.717) is 16.5 Å². The molecule has 4 nitrogen and oxygen atoms in total. The molecule has 0 aliphatic rings. The molecule has 0 aliphatic carbocycles. The molecule has 0 unspecified atom stereocenters. The molecule has 0 radical (unpaired) electrons. The summed E-state index contributed by atoms with van der Waals surface area (Å²) in [4.78, 5) is 4.10. The Morgan fingerprint density at radius 2 is 2.36 bits per heavy atom. The largest absolute Gasteiger partial charge is 0.369 e. The van der Waals surface area contributed by atoms with E-state index in [4.69, 9.17) is 22.6 Å². The minimum absolute atomic E-state index is 0.198. The molecule has 14 heavy (non-hydrogen) atoms. The van der Waals surface area contributed by atoms with Crippen LogP contribution >= 0.6 is 11.6 Å². The number of benzene rings is 1. The normalized spacial score (nSPS) is 10.3. The summed E-state index contributed by atoms with van der Waals surface area (Å²) in [6, 6.07) is 7.30. The van der Waals surface area contributed by atoms with Crippen molar-refractivity contribution in [2.75, 3.05) is 5.73 Å². The van der Waals surface area contributed by atoms with Crippen molar-refractivity contribution in [3.05, 3.63) is 23.2 Å². The predicted octanol–water partition coefficient (Wildman–Crippen LogP) is 1.80. The van der Waals surface area contributed by atoms with Gasteiger partial charge in [-0.1, -0.05) is 11.6 Å². The molecule has 0 spiro atoms. The zero-order valence-electron chi connectivity index (χ0n) is 7.24. The Labute approximate surface area is 85.5 Å². The standard InChI is InChI=1S/C9H7ClN4/c10-6-1-2-8-7(5-6)13-9(12)14(8)4-3-11/h1-2,5H,4H2,(H2,12,13). The van der Waals surface area contributed by atoms with Crippen LogP contribution in [-0.2, 0) is 6.54 Å². The fourth-order valence-corrected chi connectivity index (χ4v) is 1.52. The van der Waals surface area contributed by atoms with Crippen molar-refractivity contribution in [2.24, 2.45) is 0 Å². The second-order valence-electron chi connectivity index (χ2n) is 2.85. The number of nitriles is 1. The first kappa shape index (κ1) is 8.85. The number of aromatic nitrogens is 2. The molecule has 1 aromatic carbocycles. The van der Waals surface area contributed by atoms with Crippen LogP contribution in [-0.4, -0.2) is 9.55 Å². The maximum Gasteiger partial charge on any atom is 0.202 e. The van der Waals surface area contributed by atoms with Crippen LogP contribution in [0.5, 0.6) is 0 Å². The molecule has 5 heteroatoms. The Bertz CT molecular complexity index is 523. The summed E-state index contributed by atoms with van der Waals surface area (Å²) in [6.45, 7) is 0.198. The lowest BCUT2D eigenvalue weighted by Gasteiger charge is -1.98. The van der Waals surface area contributed by atoms with Crippen molar-refractivity contribution < 1.29 is 0 Å². The van der Waals surface area contributed by atoms with Crippen molar-refractivity contribution in [3.8, 4) is 6.07 Å². The number of nitrogens with zero attached hydrogens (tertiary/aromatic N) is 3. The van der Waals surface area contributed by atoms with Crippen LogP contribution in [0.3, 0.4) is 0 Å². The zero-order chi connectivity index (χ0) is 10.1. The van der Waals surface area contributed by atoms with Gasteiger partial charge in [0, 0.05) is 5.02 Å². The molecule has 0 aliphatic heterocycles. The van der Waals surface area contributed by atoms with E-state index in [2.05, 4.69) is 4.98 Å². The van der Waals surface area contributed by atoms with Gasteiger partial charge in [-0.15, -0.1) is 0 Å². The summed E-state index contributed by atoms with van der Waals surface area (Å²) in [5.74, 6) is 0.337. The van der Waals surface area contributed by atoms with Crippen LogP contribution in [0.25, 0.3) is 11.0 Å². The number of imidazole rings is 1. The minimum atomic E-state index is 0.198. The first-order valence-electron chi connectivity index (χ1n) is 4.00. The van der Waals surface area contributed by atoms with E-state index in [1.54, 1.807) is 22.8 Å². The number of hydrogen-bond donors (Lipinski definition) is 1. The van der Waals surface area contributed by atoms with Gasteiger partial charge in [-0.2, -0.15) is 5.26 Å². The van der Waals surface area contributed by atoms with E-state index in [9.17, 15) is 0 Å². The van der Waals surface area contributed by atoms with Gasteiger partial charge >= 0.3 is 0 Å². The lowest BCUT2D eigenvalue weighted by molar-refractivity contribution is 0.875. The number of anilines is 1. The quantitative estimate of drug-likeness (QED) is 0.774. The van der Waals surface area contributed by atoms with E-state index in [1.807, 2.05) is 6.07 Å². The van der Waals surface area contributed by atoms with Crippen molar-refractivity contribution in [3.63, 3.8) is 0 Å². The maximum absolute atomic E-state index is 8.60. The van der Waals surface area contributed by atoms with E-state index >= 15 is 0 Å². The number of rotatable bonds is 1. The second-order valence-corrected chi connectivity index (χ2v) is 3.28. The molecular weight excluding hydrogens is 200 g/mol. The predicted molar refractivity (Wildman–Crippen MR) is 54.8 cm³/mol. The summed E-state index contributed by atoms with van der Waals surface area (Å²) in [5.41, 5.74) is 7.19. The van der Waals surface area contributed by atoms with Crippen molar-refractivity contribution in [1.29, 1.82) is 5.26 Å². The van der Waals surface area contributed by atoms with Gasteiger partial charge in [-0.25, -0.2) is 4.98 Å². The molecule has 70 valence electrons. The van der Waals surface area contributed by atoms with Crippen LogP contribution < -0.4 is 5.73 Å². The Morgan fingerprint density at radius 3 is 3.07 bits per heavy atom. The van der Waals surface area contributed by atoms with E-state index < -0.39 is 0 Å². The van der Waals surface area contributed by atoms with Crippen molar-refractivity contribution in [1.82, 2.24) is 9.55 Å². The lowest BCUT2D eigenvalue weighted by atomic mass is 10.3. The van der Waals surface area contributed by atoms with Crippen LogP contribution in [0.15, 0.2) is 18.2 Å².